The quantitative estimate of drug-likeness (QED) is 0.536. The Morgan fingerprint density at radius 3 is 2.45 bits per heavy atom. The summed E-state index contributed by atoms with van der Waals surface area (Å²) in [5.41, 5.74) is 3.51. The lowest BCUT2D eigenvalue weighted by molar-refractivity contribution is -0.139. The van der Waals surface area contributed by atoms with Crippen molar-refractivity contribution in [3.8, 4) is 11.8 Å². The summed E-state index contributed by atoms with van der Waals surface area (Å²) in [4.78, 5) is 25.8. The number of amides is 1. The largest absolute Gasteiger partial charge is 0.480 e. The zero-order valence-corrected chi connectivity index (χ0v) is 18.7. The molecule has 1 fully saturated rings. The predicted molar refractivity (Wildman–Crippen MR) is 128 cm³/mol. The van der Waals surface area contributed by atoms with E-state index in [2.05, 4.69) is 51.6 Å². The van der Waals surface area contributed by atoms with Crippen molar-refractivity contribution in [2.24, 2.45) is 0 Å². The molecule has 2 aromatic carbocycles. The highest BCUT2D eigenvalue weighted by Crippen LogP contribution is 2.10. The molecule has 7 heteroatoms. The zero-order valence-electron chi connectivity index (χ0n) is 18.7. The van der Waals surface area contributed by atoms with Gasteiger partial charge in [-0.1, -0.05) is 36.1 Å². The molecule has 0 bridgehead atoms. The van der Waals surface area contributed by atoms with E-state index >= 15 is 0 Å². The number of morpholine rings is 1. The first kappa shape index (κ1) is 24.2. The van der Waals surface area contributed by atoms with Crippen LogP contribution in [-0.4, -0.2) is 67.8 Å². The smallest absolute Gasteiger partial charge is 0.327 e. The minimum absolute atomic E-state index is 0.146. The molecule has 0 aliphatic carbocycles. The van der Waals surface area contributed by atoms with Crippen molar-refractivity contribution in [3.63, 3.8) is 0 Å². The number of hydrogen-bond donors (Lipinski definition) is 3. The van der Waals surface area contributed by atoms with Gasteiger partial charge in [0.1, 0.15) is 6.04 Å². The van der Waals surface area contributed by atoms with E-state index in [0.29, 0.717) is 5.56 Å². The molecule has 1 aliphatic heterocycles. The van der Waals surface area contributed by atoms with Crippen LogP contribution >= 0.6 is 0 Å². The number of nitrogens with zero attached hydrogens (tertiary/aromatic N) is 1. The molecule has 33 heavy (non-hydrogen) atoms. The number of nitrogens with one attached hydrogen (secondary N) is 2. The van der Waals surface area contributed by atoms with Gasteiger partial charge in [0, 0.05) is 37.3 Å². The maximum absolute atomic E-state index is 12.2. The summed E-state index contributed by atoms with van der Waals surface area (Å²) in [5, 5.41) is 14.4. The molecular weight excluding hydrogens is 418 g/mol. The standard InChI is InChI=1S/C26H29N3O4/c1-27-18-24(26(31)32)28-25(30)23-12-10-21(11-13-23)5-3-2-4-20-6-8-22(9-7-20)19-29-14-16-33-17-15-29/h2,4,6-13,24,27H,14-19H2,1H3,(H,28,30)(H,31,32)/b4-2+/t24-/m0/s1. The molecule has 1 heterocycles. The number of ether oxygens (including phenoxy) is 1. The van der Waals surface area contributed by atoms with Gasteiger partial charge in [-0.05, 0) is 54.6 Å². The number of carbonyl (C=O) groups is 2. The van der Waals surface area contributed by atoms with E-state index in [1.54, 1.807) is 37.4 Å². The Bertz CT molecular complexity index is 1010. The molecule has 3 rings (SSSR count). The molecule has 3 N–H and O–H groups in total. The molecule has 0 unspecified atom stereocenters. The van der Waals surface area contributed by atoms with Crippen LogP contribution in [0.3, 0.4) is 0 Å². The number of hydrogen-bond acceptors (Lipinski definition) is 5. The van der Waals surface area contributed by atoms with Crippen molar-refractivity contribution in [1.29, 1.82) is 0 Å². The van der Waals surface area contributed by atoms with Crippen LogP contribution < -0.4 is 10.6 Å². The lowest BCUT2D eigenvalue weighted by Crippen LogP contribution is -2.46. The summed E-state index contributed by atoms with van der Waals surface area (Å²) in [6.45, 7) is 4.64. The molecule has 172 valence electrons. The lowest BCUT2D eigenvalue weighted by Gasteiger charge is -2.26. The Labute approximate surface area is 194 Å². The predicted octanol–water partition coefficient (Wildman–Crippen LogP) is 1.99. The summed E-state index contributed by atoms with van der Waals surface area (Å²) < 4.78 is 5.39. The number of allylic oxidation sites excluding steroid dienone is 1. The number of carbonyl (C=O) groups excluding carboxylic acids is 1. The van der Waals surface area contributed by atoms with E-state index in [4.69, 9.17) is 9.84 Å². The van der Waals surface area contributed by atoms with Crippen LogP contribution in [-0.2, 0) is 16.1 Å². The number of rotatable bonds is 8. The molecule has 1 aliphatic rings. The zero-order chi connectivity index (χ0) is 23.5. The second-order valence-corrected chi connectivity index (χ2v) is 7.73. The van der Waals surface area contributed by atoms with Crippen LogP contribution in [0.15, 0.2) is 54.6 Å². The van der Waals surface area contributed by atoms with Gasteiger partial charge in [0.05, 0.1) is 13.2 Å². The van der Waals surface area contributed by atoms with E-state index in [0.717, 1.165) is 44.0 Å². The summed E-state index contributed by atoms with van der Waals surface area (Å²) >= 11 is 0. The van der Waals surface area contributed by atoms with Gasteiger partial charge in [-0.3, -0.25) is 9.69 Å². The first-order valence-electron chi connectivity index (χ1n) is 10.9. The molecule has 1 atom stereocenters. The Kier molecular flexibility index (Phi) is 9.21. The molecule has 7 nitrogen and oxygen atoms in total. The highest BCUT2D eigenvalue weighted by Gasteiger charge is 2.19. The summed E-state index contributed by atoms with van der Waals surface area (Å²) in [6.07, 6.45) is 3.76. The first-order chi connectivity index (χ1) is 16.0. The van der Waals surface area contributed by atoms with Gasteiger partial charge >= 0.3 is 5.97 Å². The minimum atomic E-state index is -1.08. The summed E-state index contributed by atoms with van der Waals surface area (Å²) in [5.74, 6) is 4.52. The molecule has 0 spiro atoms. The molecule has 0 aromatic heterocycles. The van der Waals surface area contributed by atoms with Crippen molar-refractivity contribution in [2.45, 2.75) is 12.6 Å². The molecule has 1 saturated heterocycles. The minimum Gasteiger partial charge on any atom is -0.480 e. The maximum atomic E-state index is 12.2. The van der Waals surface area contributed by atoms with Crippen LogP contribution in [0.5, 0.6) is 0 Å². The molecule has 0 saturated carbocycles. The number of benzene rings is 2. The van der Waals surface area contributed by atoms with E-state index in [1.807, 2.05) is 6.08 Å². The highest BCUT2D eigenvalue weighted by atomic mass is 16.5. The number of carboxylic acid groups (broad SMARTS) is 1. The average Bonchev–Trinajstić information content (AvgIpc) is 2.83. The molecule has 2 aromatic rings. The van der Waals surface area contributed by atoms with Crippen molar-refractivity contribution < 1.29 is 19.4 Å². The Morgan fingerprint density at radius 2 is 1.82 bits per heavy atom. The Hall–Kier alpha value is -3.44. The van der Waals surface area contributed by atoms with E-state index < -0.39 is 17.9 Å². The highest BCUT2D eigenvalue weighted by molar-refractivity contribution is 5.96. The van der Waals surface area contributed by atoms with Gasteiger partial charge in [0.15, 0.2) is 0 Å². The van der Waals surface area contributed by atoms with Crippen LogP contribution in [0.25, 0.3) is 6.08 Å². The third-order valence-corrected chi connectivity index (χ3v) is 5.22. The van der Waals surface area contributed by atoms with Crippen LogP contribution in [0.2, 0.25) is 0 Å². The van der Waals surface area contributed by atoms with Gasteiger partial charge in [-0.2, -0.15) is 0 Å². The van der Waals surface area contributed by atoms with E-state index in [1.165, 1.54) is 5.56 Å². The fraction of sp³-hybridized carbons (Fsp3) is 0.308. The SMILES string of the molecule is CNC[C@H](NC(=O)c1ccc(C#C/C=C/c2ccc(CN3CCOCC3)cc2)cc1)C(=O)O. The maximum Gasteiger partial charge on any atom is 0.327 e. The monoisotopic (exact) mass is 447 g/mol. The number of carboxylic acids is 1. The van der Waals surface area contributed by atoms with Crippen LogP contribution in [0.4, 0.5) is 0 Å². The van der Waals surface area contributed by atoms with E-state index in [9.17, 15) is 9.59 Å². The van der Waals surface area contributed by atoms with Crippen molar-refractivity contribution in [2.75, 3.05) is 39.9 Å². The van der Waals surface area contributed by atoms with Gasteiger partial charge < -0.3 is 20.5 Å². The molecular formula is C26H29N3O4. The first-order valence-corrected chi connectivity index (χ1v) is 10.9. The van der Waals surface area contributed by atoms with Crippen molar-refractivity contribution >= 4 is 18.0 Å². The average molecular weight is 448 g/mol. The summed E-state index contributed by atoms with van der Waals surface area (Å²) in [7, 11) is 1.63. The van der Waals surface area contributed by atoms with E-state index in [-0.39, 0.29) is 6.54 Å². The molecule has 0 radical (unpaired) electrons. The fourth-order valence-corrected chi connectivity index (χ4v) is 3.37. The third-order valence-electron chi connectivity index (χ3n) is 5.22. The van der Waals surface area contributed by atoms with Gasteiger partial charge in [0.25, 0.3) is 5.91 Å². The summed E-state index contributed by atoms with van der Waals surface area (Å²) in [6, 6.07) is 14.2. The normalized spacial score (nSPS) is 14.9. The second kappa shape index (κ2) is 12.6. The van der Waals surface area contributed by atoms with Crippen molar-refractivity contribution in [3.05, 3.63) is 76.9 Å². The van der Waals surface area contributed by atoms with Gasteiger partial charge in [-0.15, -0.1) is 0 Å². The number of aliphatic carboxylic acids is 1. The van der Waals surface area contributed by atoms with Crippen LogP contribution in [0, 0.1) is 11.8 Å². The third kappa shape index (κ3) is 7.88. The Morgan fingerprint density at radius 1 is 1.12 bits per heavy atom. The van der Waals surface area contributed by atoms with Gasteiger partial charge in [0.2, 0.25) is 0 Å². The molecule has 1 amide bonds. The fourth-order valence-electron chi connectivity index (χ4n) is 3.37. The second-order valence-electron chi connectivity index (χ2n) is 7.73. The van der Waals surface area contributed by atoms with Crippen molar-refractivity contribution in [1.82, 2.24) is 15.5 Å². The number of likely N-dealkylation sites (N-methyl/N-ethyl adjacent to an activating group) is 1. The lowest BCUT2D eigenvalue weighted by atomic mass is 10.1. The van der Waals surface area contributed by atoms with Gasteiger partial charge in [-0.25, -0.2) is 4.79 Å². The topological polar surface area (TPSA) is 90.9 Å². The Balaban J connectivity index is 1.51. The van der Waals surface area contributed by atoms with Crippen LogP contribution in [0.1, 0.15) is 27.0 Å².